The summed E-state index contributed by atoms with van der Waals surface area (Å²) >= 11 is 3.33. The minimum atomic E-state index is -0.129. The monoisotopic (exact) mass is 334 g/mol. The number of hydrogen-bond acceptors (Lipinski definition) is 3. The van der Waals surface area contributed by atoms with Gasteiger partial charge in [-0.15, -0.1) is 0 Å². The number of anilines is 1. The van der Waals surface area contributed by atoms with Crippen LogP contribution in [0.1, 0.15) is 10.4 Å². The van der Waals surface area contributed by atoms with Crippen LogP contribution in [0.15, 0.2) is 53.0 Å². The van der Waals surface area contributed by atoms with Crippen molar-refractivity contribution < 1.29 is 9.53 Å². The van der Waals surface area contributed by atoms with Crippen LogP contribution in [-0.2, 0) is 0 Å². The zero-order chi connectivity index (χ0) is 14.4. The lowest BCUT2D eigenvalue weighted by atomic mass is 10.2. The molecule has 0 saturated heterocycles. The Morgan fingerprint density at radius 2 is 2.00 bits per heavy atom. The van der Waals surface area contributed by atoms with Crippen LogP contribution in [0.4, 0.5) is 5.69 Å². The van der Waals surface area contributed by atoms with Crippen molar-refractivity contribution in [2.24, 2.45) is 0 Å². The average Bonchev–Trinajstić information content (AvgIpc) is 2.45. The van der Waals surface area contributed by atoms with Crippen molar-refractivity contribution in [2.45, 2.75) is 0 Å². The van der Waals surface area contributed by atoms with Crippen molar-refractivity contribution in [3.63, 3.8) is 0 Å². The Balaban J connectivity index is 1.79. The summed E-state index contributed by atoms with van der Waals surface area (Å²) in [7, 11) is 0. The molecule has 0 unspecified atom stereocenters. The molecule has 0 aromatic heterocycles. The number of benzene rings is 2. The van der Waals surface area contributed by atoms with Crippen LogP contribution in [0.25, 0.3) is 0 Å². The number of carbonyl (C=O) groups excluding carboxylic acids is 1. The number of halogens is 1. The second kappa shape index (κ2) is 6.96. The summed E-state index contributed by atoms with van der Waals surface area (Å²) in [6.45, 7) is 0.785. The number of amides is 1. The van der Waals surface area contributed by atoms with Gasteiger partial charge in [0.1, 0.15) is 12.4 Å². The Kier molecular flexibility index (Phi) is 5.01. The smallest absolute Gasteiger partial charge is 0.251 e. The highest BCUT2D eigenvalue weighted by Crippen LogP contribution is 2.19. The number of hydrogen-bond donors (Lipinski definition) is 2. The van der Waals surface area contributed by atoms with Crippen molar-refractivity contribution >= 4 is 27.5 Å². The van der Waals surface area contributed by atoms with Crippen LogP contribution in [-0.4, -0.2) is 19.1 Å². The third kappa shape index (κ3) is 3.99. The number of nitrogens with one attached hydrogen (secondary N) is 1. The van der Waals surface area contributed by atoms with E-state index in [1.807, 2.05) is 24.3 Å². The molecule has 5 heteroatoms. The molecule has 20 heavy (non-hydrogen) atoms. The lowest BCUT2D eigenvalue weighted by molar-refractivity contribution is 0.0947. The minimum Gasteiger partial charge on any atom is -0.490 e. The zero-order valence-corrected chi connectivity index (χ0v) is 12.4. The third-order valence-electron chi connectivity index (χ3n) is 2.65. The first-order valence-electron chi connectivity index (χ1n) is 6.18. The van der Waals surface area contributed by atoms with Gasteiger partial charge in [-0.1, -0.05) is 34.1 Å². The molecule has 0 spiro atoms. The molecule has 0 fully saturated rings. The Bertz CT molecular complexity index is 602. The fraction of sp³-hybridized carbons (Fsp3) is 0.133. The molecule has 2 rings (SSSR count). The summed E-state index contributed by atoms with van der Waals surface area (Å²) in [4.78, 5) is 11.9. The van der Waals surface area contributed by atoms with Gasteiger partial charge >= 0.3 is 0 Å². The van der Waals surface area contributed by atoms with Crippen molar-refractivity contribution in [3.05, 3.63) is 58.6 Å². The van der Waals surface area contributed by atoms with Crippen LogP contribution in [0.5, 0.6) is 5.75 Å². The standard InChI is InChI=1S/C15H15BrN2O2/c16-12-5-3-4-11(10-12)15(19)18-8-9-20-14-7-2-1-6-13(14)17/h1-7,10H,8-9,17H2,(H,18,19). The molecule has 0 atom stereocenters. The van der Waals surface area contributed by atoms with E-state index in [1.54, 1.807) is 24.3 Å². The lowest BCUT2D eigenvalue weighted by Crippen LogP contribution is -2.28. The molecule has 104 valence electrons. The van der Waals surface area contributed by atoms with E-state index in [0.717, 1.165) is 4.47 Å². The summed E-state index contributed by atoms with van der Waals surface area (Å²) in [5.74, 6) is 0.500. The Hall–Kier alpha value is -2.01. The molecule has 0 aliphatic heterocycles. The van der Waals surface area contributed by atoms with Gasteiger partial charge in [-0.3, -0.25) is 4.79 Å². The molecular formula is C15H15BrN2O2. The topological polar surface area (TPSA) is 64.3 Å². The number of rotatable bonds is 5. The van der Waals surface area contributed by atoms with Crippen LogP contribution >= 0.6 is 15.9 Å². The van der Waals surface area contributed by atoms with Gasteiger partial charge in [0, 0.05) is 10.0 Å². The molecule has 1 amide bonds. The summed E-state index contributed by atoms with van der Waals surface area (Å²) in [6.07, 6.45) is 0. The fourth-order valence-corrected chi connectivity index (χ4v) is 2.07. The Morgan fingerprint density at radius 1 is 1.20 bits per heavy atom. The highest BCUT2D eigenvalue weighted by molar-refractivity contribution is 9.10. The van der Waals surface area contributed by atoms with Gasteiger partial charge in [0.05, 0.1) is 12.2 Å². The molecule has 4 nitrogen and oxygen atoms in total. The highest BCUT2D eigenvalue weighted by atomic mass is 79.9. The molecule has 0 bridgehead atoms. The largest absolute Gasteiger partial charge is 0.490 e. The molecule has 3 N–H and O–H groups in total. The van der Waals surface area contributed by atoms with Gasteiger partial charge in [0.2, 0.25) is 0 Å². The SMILES string of the molecule is Nc1ccccc1OCCNC(=O)c1cccc(Br)c1. The Labute approximate surface area is 126 Å². The third-order valence-corrected chi connectivity index (χ3v) is 3.14. The van der Waals surface area contributed by atoms with Crippen LogP contribution in [0.3, 0.4) is 0 Å². The van der Waals surface area contributed by atoms with Gasteiger partial charge in [0.15, 0.2) is 0 Å². The number of carbonyl (C=O) groups is 1. The maximum Gasteiger partial charge on any atom is 0.251 e. The quantitative estimate of drug-likeness (QED) is 0.652. The molecule has 0 aliphatic rings. The molecule has 0 aliphatic carbocycles. The maximum atomic E-state index is 11.9. The normalized spacial score (nSPS) is 10.1. The lowest BCUT2D eigenvalue weighted by Gasteiger charge is -2.09. The van der Waals surface area contributed by atoms with Crippen LogP contribution in [0.2, 0.25) is 0 Å². The van der Waals surface area contributed by atoms with Crippen molar-refractivity contribution in [1.29, 1.82) is 0 Å². The van der Waals surface area contributed by atoms with E-state index in [1.165, 1.54) is 0 Å². The van der Waals surface area contributed by atoms with E-state index in [2.05, 4.69) is 21.2 Å². The minimum absolute atomic E-state index is 0.129. The molecule has 0 radical (unpaired) electrons. The second-order valence-corrected chi connectivity index (χ2v) is 5.07. The van der Waals surface area contributed by atoms with Gasteiger partial charge in [-0.2, -0.15) is 0 Å². The zero-order valence-electron chi connectivity index (χ0n) is 10.8. The van der Waals surface area contributed by atoms with Crippen LogP contribution < -0.4 is 15.8 Å². The molecule has 2 aromatic carbocycles. The number of nitrogen functional groups attached to an aromatic ring is 1. The van der Waals surface area contributed by atoms with Gasteiger partial charge in [0.25, 0.3) is 5.91 Å². The predicted molar refractivity (Wildman–Crippen MR) is 82.8 cm³/mol. The van der Waals surface area contributed by atoms with E-state index in [-0.39, 0.29) is 5.91 Å². The predicted octanol–water partition coefficient (Wildman–Crippen LogP) is 2.84. The molecule has 0 saturated carbocycles. The number of ether oxygens (including phenoxy) is 1. The van der Waals surface area contributed by atoms with E-state index >= 15 is 0 Å². The van der Waals surface area contributed by atoms with E-state index < -0.39 is 0 Å². The van der Waals surface area contributed by atoms with Crippen molar-refractivity contribution in [2.75, 3.05) is 18.9 Å². The van der Waals surface area contributed by atoms with E-state index in [9.17, 15) is 4.79 Å². The molecule has 0 heterocycles. The molecule has 2 aromatic rings. The van der Waals surface area contributed by atoms with Gasteiger partial charge in [-0.25, -0.2) is 0 Å². The summed E-state index contributed by atoms with van der Waals surface area (Å²) in [5, 5.41) is 2.79. The maximum absolute atomic E-state index is 11.9. The summed E-state index contributed by atoms with van der Waals surface area (Å²) in [6, 6.07) is 14.5. The summed E-state index contributed by atoms with van der Waals surface area (Å²) in [5.41, 5.74) is 6.95. The Morgan fingerprint density at radius 3 is 2.75 bits per heavy atom. The number of nitrogens with two attached hydrogens (primary N) is 1. The average molecular weight is 335 g/mol. The second-order valence-electron chi connectivity index (χ2n) is 4.15. The first-order valence-corrected chi connectivity index (χ1v) is 6.97. The van der Waals surface area contributed by atoms with E-state index in [0.29, 0.717) is 30.2 Å². The first-order chi connectivity index (χ1) is 9.66. The fourth-order valence-electron chi connectivity index (χ4n) is 1.67. The van der Waals surface area contributed by atoms with E-state index in [4.69, 9.17) is 10.5 Å². The van der Waals surface area contributed by atoms with Gasteiger partial charge < -0.3 is 15.8 Å². The first kappa shape index (κ1) is 14.4. The van der Waals surface area contributed by atoms with Gasteiger partial charge in [-0.05, 0) is 30.3 Å². The molecular weight excluding hydrogens is 320 g/mol. The van der Waals surface area contributed by atoms with Crippen LogP contribution in [0, 0.1) is 0 Å². The van der Waals surface area contributed by atoms with Crippen molar-refractivity contribution in [3.8, 4) is 5.75 Å². The number of para-hydroxylation sites is 2. The van der Waals surface area contributed by atoms with Crippen molar-refractivity contribution in [1.82, 2.24) is 5.32 Å². The summed E-state index contributed by atoms with van der Waals surface area (Å²) < 4.78 is 6.37. The highest BCUT2D eigenvalue weighted by Gasteiger charge is 2.05.